The van der Waals surface area contributed by atoms with Gasteiger partial charge in [0.1, 0.15) is 0 Å². The number of methoxy groups -OCH3 is 1. The molecule has 0 aromatic carbocycles. The Morgan fingerprint density at radius 1 is 1.40 bits per heavy atom. The molecule has 1 aliphatic carbocycles. The molecule has 0 spiro atoms. The minimum atomic E-state index is 0.297. The maximum Gasteiger partial charge on any atom is 0.161 e. The van der Waals surface area contributed by atoms with Crippen molar-refractivity contribution in [1.82, 2.24) is 15.1 Å². The second-order valence-electron chi connectivity index (χ2n) is 6.26. The van der Waals surface area contributed by atoms with E-state index in [4.69, 9.17) is 4.74 Å². The van der Waals surface area contributed by atoms with E-state index in [0.29, 0.717) is 11.5 Å². The van der Waals surface area contributed by atoms with Crippen LogP contribution in [0, 0.1) is 5.41 Å². The van der Waals surface area contributed by atoms with Gasteiger partial charge in [0, 0.05) is 6.54 Å². The molecule has 0 radical (unpaired) electrons. The van der Waals surface area contributed by atoms with Crippen LogP contribution in [0.1, 0.15) is 64.1 Å². The fourth-order valence-corrected chi connectivity index (χ4v) is 3.68. The van der Waals surface area contributed by atoms with Gasteiger partial charge >= 0.3 is 0 Å². The lowest BCUT2D eigenvalue weighted by Crippen LogP contribution is -2.37. The Kier molecular flexibility index (Phi) is 5.08. The number of ether oxygens (including phenoxy) is 1. The highest BCUT2D eigenvalue weighted by Gasteiger charge is 2.38. The number of nitrogens with one attached hydrogen (secondary N) is 1. The minimum Gasteiger partial charge on any atom is -0.493 e. The zero-order valence-electron chi connectivity index (χ0n) is 13.4. The standard InChI is InChI=1S/C16H29N3O/c1-5-11-19-14(13(20-4)12-18-19)15(17-3)16(2)9-7-6-8-10-16/h12,15,17H,5-11H2,1-4H3. The molecule has 0 amide bonds. The molecule has 4 heteroatoms. The van der Waals surface area contributed by atoms with Crippen molar-refractivity contribution in [3.63, 3.8) is 0 Å². The van der Waals surface area contributed by atoms with Crippen molar-refractivity contribution in [3.8, 4) is 5.75 Å². The Morgan fingerprint density at radius 3 is 2.65 bits per heavy atom. The van der Waals surface area contributed by atoms with Crippen LogP contribution in [0.25, 0.3) is 0 Å². The van der Waals surface area contributed by atoms with Crippen molar-refractivity contribution in [2.45, 2.75) is 65.0 Å². The summed E-state index contributed by atoms with van der Waals surface area (Å²) in [6, 6.07) is 0.312. The van der Waals surface area contributed by atoms with E-state index >= 15 is 0 Å². The monoisotopic (exact) mass is 279 g/mol. The maximum atomic E-state index is 5.57. The Morgan fingerprint density at radius 2 is 2.10 bits per heavy atom. The SMILES string of the molecule is CCCn1ncc(OC)c1C(NC)C1(C)CCCCC1. The molecule has 1 aromatic rings. The summed E-state index contributed by atoms with van der Waals surface area (Å²) in [6.07, 6.45) is 9.54. The lowest BCUT2D eigenvalue weighted by molar-refractivity contribution is 0.141. The molecule has 20 heavy (non-hydrogen) atoms. The summed E-state index contributed by atoms with van der Waals surface area (Å²) in [7, 11) is 3.81. The zero-order chi connectivity index (χ0) is 14.6. The Balaban J connectivity index is 2.36. The fraction of sp³-hybridized carbons (Fsp3) is 0.812. The predicted molar refractivity (Wildman–Crippen MR) is 82.1 cm³/mol. The van der Waals surface area contributed by atoms with Crippen LogP contribution in [0.15, 0.2) is 6.20 Å². The zero-order valence-corrected chi connectivity index (χ0v) is 13.4. The highest BCUT2D eigenvalue weighted by molar-refractivity contribution is 5.30. The summed E-state index contributed by atoms with van der Waals surface area (Å²) in [5, 5.41) is 8.07. The maximum absolute atomic E-state index is 5.57. The van der Waals surface area contributed by atoms with E-state index in [-0.39, 0.29) is 0 Å². The van der Waals surface area contributed by atoms with Crippen LogP contribution in [0.3, 0.4) is 0 Å². The summed E-state index contributed by atoms with van der Waals surface area (Å²) >= 11 is 0. The molecule has 1 heterocycles. The van der Waals surface area contributed by atoms with E-state index in [1.807, 2.05) is 6.20 Å². The summed E-state index contributed by atoms with van der Waals surface area (Å²) in [5.74, 6) is 0.921. The van der Waals surface area contributed by atoms with Crippen molar-refractivity contribution in [3.05, 3.63) is 11.9 Å². The van der Waals surface area contributed by atoms with E-state index in [2.05, 4.69) is 36.0 Å². The number of nitrogens with zero attached hydrogens (tertiary/aromatic N) is 2. The Bertz CT molecular complexity index is 421. The first kappa shape index (κ1) is 15.4. The number of aromatic nitrogens is 2. The van der Waals surface area contributed by atoms with E-state index < -0.39 is 0 Å². The third-order valence-electron chi connectivity index (χ3n) is 4.76. The van der Waals surface area contributed by atoms with Crippen LogP contribution < -0.4 is 10.1 Å². The first-order chi connectivity index (χ1) is 9.66. The molecule has 1 aromatic heterocycles. The van der Waals surface area contributed by atoms with Crippen LogP contribution >= 0.6 is 0 Å². The minimum absolute atomic E-state index is 0.297. The molecule has 0 bridgehead atoms. The molecule has 4 nitrogen and oxygen atoms in total. The van der Waals surface area contributed by atoms with Gasteiger partial charge in [-0.05, 0) is 31.7 Å². The quantitative estimate of drug-likeness (QED) is 0.866. The van der Waals surface area contributed by atoms with E-state index in [1.165, 1.54) is 37.8 Å². The van der Waals surface area contributed by atoms with Gasteiger partial charge in [0.05, 0.1) is 25.0 Å². The second-order valence-corrected chi connectivity index (χ2v) is 6.26. The molecule has 1 fully saturated rings. The third-order valence-corrected chi connectivity index (χ3v) is 4.76. The lowest BCUT2D eigenvalue weighted by Gasteiger charge is -2.41. The van der Waals surface area contributed by atoms with Crippen LogP contribution in [-0.4, -0.2) is 23.9 Å². The third kappa shape index (κ3) is 2.85. The topological polar surface area (TPSA) is 39.1 Å². The number of aryl methyl sites for hydroxylation is 1. The smallest absolute Gasteiger partial charge is 0.161 e. The van der Waals surface area contributed by atoms with Gasteiger partial charge in [-0.2, -0.15) is 5.10 Å². The van der Waals surface area contributed by atoms with Crippen LogP contribution in [0.4, 0.5) is 0 Å². The summed E-state index contributed by atoms with van der Waals surface area (Å²) in [4.78, 5) is 0. The molecule has 1 saturated carbocycles. The summed E-state index contributed by atoms with van der Waals surface area (Å²) in [5.41, 5.74) is 1.52. The molecule has 1 unspecified atom stereocenters. The Hall–Kier alpha value is -1.03. The molecule has 2 rings (SSSR count). The van der Waals surface area contributed by atoms with Gasteiger partial charge in [0.15, 0.2) is 5.75 Å². The molecule has 0 saturated heterocycles. The summed E-state index contributed by atoms with van der Waals surface area (Å²) in [6.45, 7) is 5.55. The first-order valence-corrected chi connectivity index (χ1v) is 7.93. The highest BCUT2D eigenvalue weighted by Crippen LogP contribution is 2.47. The average molecular weight is 279 g/mol. The number of hydrogen-bond donors (Lipinski definition) is 1. The average Bonchev–Trinajstić information content (AvgIpc) is 2.84. The molecule has 1 N–H and O–H groups in total. The first-order valence-electron chi connectivity index (χ1n) is 7.93. The van der Waals surface area contributed by atoms with E-state index in [9.17, 15) is 0 Å². The summed E-state index contributed by atoms with van der Waals surface area (Å²) < 4.78 is 7.69. The largest absolute Gasteiger partial charge is 0.493 e. The van der Waals surface area contributed by atoms with Crippen molar-refractivity contribution in [1.29, 1.82) is 0 Å². The van der Waals surface area contributed by atoms with Crippen molar-refractivity contribution < 1.29 is 4.74 Å². The van der Waals surface area contributed by atoms with Gasteiger partial charge < -0.3 is 10.1 Å². The van der Waals surface area contributed by atoms with Crippen LogP contribution in [0.2, 0.25) is 0 Å². The lowest BCUT2D eigenvalue weighted by atomic mass is 9.69. The van der Waals surface area contributed by atoms with Gasteiger partial charge in [-0.3, -0.25) is 4.68 Å². The van der Waals surface area contributed by atoms with Gasteiger partial charge in [0.2, 0.25) is 0 Å². The molecular formula is C16H29N3O. The fourth-order valence-electron chi connectivity index (χ4n) is 3.68. The number of hydrogen-bond acceptors (Lipinski definition) is 3. The van der Waals surface area contributed by atoms with Gasteiger partial charge in [-0.1, -0.05) is 33.1 Å². The van der Waals surface area contributed by atoms with Gasteiger partial charge in [-0.25, -0.2) is 0 Å². The van der Waals surface area contributed by atoms with Gasteiger partial charge in [0.25, 0.3) is 0 Å². The second kappa shape index (κ2) is 6.61. The molecule has 0 aliphatic heterocycles. The van der Waals surface area contributed by atoms with Crippen molar-refractivity contribution >= 4 is 0 Å². The van der Waals surface area contributed by atoms with Crippen molar-refractivity contribution in [2.24, 2.45) is 5.41 Å². The Labute approximate surface area is 122 Å². The van der Waals surface area contributed by atoms with E-state index in [0.717, 1.165) is 18.7 Å². The molecular weight excluding hydrogens is 250 g/mol. The van der Waals surface area contributed by atoms with Crippen LogP contribution in [-0.2, 0) is 6.54 Å². The number of rotatable bonds is 6. The van der Waals surface area contributed by atoms with Gasteiger partial charge in [-0.15, -0.1) is 0 Å². The molecule has 114 valence electrons. The van der Waals surface area contributed by atoms with Crippen LogP contribution in [0.5, 0.6) is 5.75 Å². The predicted octanol–water partition coefficient (Wildman–Crippen LogP) is 3.53. The van der Waals surface area contributed by atoms with E-state index in [1.54, 1.807) is 7.11 Å². The molecule has 1 atom stereocenters. The highest BCUT2D eigenvalue weighted by atomic mass is 16.5. The molecule has 1 aliphatic rings. The van der Waals surface area contributed by atoms with Crippen molar-refractivity contribution in [2.75, 3.05) is 14.2 Å². The normalized spacial score (nSPS) is 19.8.